The molecular formula is C13H25N. The van der Waals surface area contributed by atoms with Crippen LogP contribution in [0.3, 0.4) is 0 Å². The van der Waals surface area contributed by atoms with Crippen molar-refractivity contribution < 1.29 is 0 Å². The quantitative estimate of drug-likeness (QED) is 0.612. The van der Waals surface area contributed by atoms with Crippen LogP contribution in [-0.4, -0.2) is 25.0 Å². The Labute approximate surface area is 89.2 Å². The fourth-order valence-electron chi connectivity index (χ4n) is 3.16. The first-order valence-corrected chi connectivity index (χ1v) is 5.75. The van der Waals surface area contributed by atoms with Crippen molar-refractivity contribution >= 4 is 0 Å². The maximum Gasteiger partial charge on any atom is 0.0159 e. The van der Waals surface area contributed by atoms with E-state index >= 15 is 0 Å². The lowest BCUT2D eigenvalue weighted by Crippen LogP contribution is -2.43. The van der Waals surface area contributed by atoms with Gasteiger partial charge in [0.25, 0.3) is 0 Å². The molecule has 0 bridgehead atoms. The summed E-state index contributed by atoms with van der Waals surface area (Å²) in [7, 11) is 4.40. The summed E-state index contributed by atoms with van der Waals surface area (Å²) >= 11 is 0. The minimum Gasteiger partial charge on any atom is -0.306 e. The molecule has 1 aliphatic rings. The first kappa shape index (κ1) is 11.8. The van der Waals surface area contributed by atoms with Crippen LogP contribution in [0.2, 0.25) is 0 Å². The Morgan fingerprint density at radius 3 is 2.21 bits per heavy atom. The first-order valence-electron chi connectivity index (χ1n) is 5.75. The van der Waals surface area contributed by atoms with Crippen LogP contribution in [0.15, 0.2) is 12.2 Å². The fraction of sp³-hybridized carbons (Fsp3) is 0.846. The molecule has 1 aliphatic carbocycles. The molecule has 0 spiro atoms. The predicted molar refractivity (Wildman–Crippen MR) is 63.3 cm³/mol. The molecule has 0 N–H and O–H groups in total. The van der Waals surface area contributed by atoms with Gasteiger partial charge < -0.3 is 4.90 Å². The highest BCUT2D eigenvalue weighted by Crippen LogP contribution is 2.38. The predicted octanol–water partition coefficient (Wildman–Crippen LogP) is 3.17. The lowest BCUT2D eigenvalue weighted by molar-refractivity contribution is 0.103. The van der Waals surface area contributed by atoms with Crippen molar-refractivity contribution in [2.75, 3.05) is 14.1 Å². The van der Waals surface area contributed by atoms with E-state index in [-0.39, 0.29) is 0 Å². The maximum atomic E-state index is 4.16. The van der Waals surface area contributed by atoms with E-state index in [1.165, 1.54) is 18.4 Å². The van der Waals surface area contributed by atoms with E-state index in [9.17, 15) is 0 Å². The molecule has 1 fully saturated rings. The van der Waals surface area contributed by atoms with Gasteiger partial charge in [-0.1, -0.05) is 26.0 Å². The molecular weight excluding hydrogens is 170 g/mol. The molecule has 0 aliphatic heterocycles. The minimum atomic E-state index is 0.696. The molecule has 0 aromatic carbocycles. The van der Waals surface area contributed by atoms with Crippen LogP contribution in [-0.2, 0) is 0 Å². The fourth-order valence-corrected chi connectivity index (χ4v) is 3.16. The van der Waals surface area contributed by atoms with E-state index in [0.717, 1.165) is 11.8 Å². The molecule has 0 aromatic heterocycles. The smallest absolute Gasteiger partial charge is 0.0159 e. The van der Waals surface area contributed by atoms with Crippen LogP contribution in [0.4, 0.5) is 0 Å². The Kier molecular flexibility index (Phi) is 3.77. The van der Waals surface area contributed by atoms with Crippen LogP contribution in [0.1, 0.15) is 33.6 Å². The highest BCUT2D eigenvalue weighted by Gasteiger charge is 2.35. The molecule has 1 saturated carbocycles. The van der Waals surface area contributed by atoms with Gasteiger partial charge >= 0.3 is 0 Å². The van der Waals surface area contributed by atoms with Gasteiger partial charge in [-0.3, -0.25) is 0 Å². The molecule has 1 rings (SSSR count). The van der Waals surface area contributed by atoms with Crippen molar-refractivity contribution in [1.82, 2.24) is 4.90 Å². The Morgan fingerprint density at radius 1 is 1.21 bits per heavy atom. The van der Waals surface area contributed by atoms with Crippen molar-refractivity contribution in [1.29, 1.82) is 0 Å². The Balaban J connectivity index is 2.80. The molecule has 0 radical (unpaired) electrons. The molecule has 0 saturated heterocycles. The number of rotatable bonds is 2. The standard InChI is InChI=1S/C13H25N/c1-9(2)13-11(4)7-10(3)8-12(13)14(5)6/h10-13H,1,7-8H2,2-6H3. The van der Waals surface area contributed by atoms with Gasteiger partial charge in [-0.15, -0.1) is 0 Å². The molecule has 4 unspecified atom stereocenters. The molecule has 1 heteroatoms. The minimum absolute atomic E-state index is 0.696. The third-order valence-electron chi connectivity index (χ3n) is 3.68. The van der Waals surface area contributed by atoms with Gasteiger partial charge in [-0.2, -0.15) is 0 Å². The lowest BCUT2D eigenvalue weighted by Gasteiger charge is -2.43. The second-order valence-corrected chi connectivity index (χ2v) is 5.46. The first-order chi connectivity index (χ1) is 6.43. The van der Waals surface area contributed by atoms with Crippen LogP contribution >= 0.6 is 0 Å². The van der Waals surface area contributed by atoms with Gasteiger partial charge in [0.05, 0.1) is 0 Å². The second kappa shape index (κ2) is 4.48. The van der Waals surface area contributed by atoms with Crippen LogP contribution in [0.5, 0.6) is 0 Å². The van der Waals surface area contributed by atoms with Gasteiger partial charge in [0.15, 0.2) is 0 Å². The third-order valence-corrected chi connectivity index (χ3v) is 3.68. The summed E-state index contributed by atoms with van der Waals surface area (Å²) < 4.78 is 0. The zero-order valence-electron chi connectivity index (χ0n) is 10.4. The van der Waals surface area contributed by atoms with Crippen molar-refractivity contribution in [2.24, 2.45) is 17.8 Å². The monoisotopic (exact) mass is 195 g/mol. The molecule has 82 valence electrons. The molecule has 4 atom stereocenters. The second-order valence-electron chi connectivity index (χ2n) is 5.46. The van der Waals surface area contributed by atoms with E-state index < -0.39 is 0 Å². The topological polar surface area (TPSA) is 3.24 Å². The molecule has 1 nitrogen and oxygen atoms in total. The Hall–Kier alpha value is -0.300. The zero-order valence-corrected chi connectivity index (χ0v) is 10.4. The average molecular weight is 195 g/mol. The number of hydrogen-bond donors (Lipinski definition) is 0. The Bertz CT molecular complexity index is 207. The summed E-state index contributed by atoms with van der Waals surface area (Å²) in [6, 6.07) is 0.700. The van der Waals surface area contributed by atoms with Crippen molar-refractivity contribution in [2.45, 2.75) is 39.7 Å². The largest absolute Gasteiger partial charge is 0.306 e. The van der Waals surface area contributed by atoms with Gasteiger partial charge in [-0.05, 0) is 51.6 Å². The summed E-state index contributed by atoms with van der Waals surface area (Å²) in [5, 5.41) is 0. The summed E-state index contributed by atoms with van der Waals surface area (Å²) in [4.78, 5) is 2.38. The SMILES string of the molecule is C=C(C)C1C(C)CC(C)CC1N(C)C. The van der Waals surface area contributed by atoms with Gasteiger partial charge in [0.1, 0.15) is 0 Å². The zero-order chi connectivity index (χ0) is 10.9. The van der Waals surface area contributed by atoms with E-state index in [0.29, 0.717) is 12.0 Å². The molecule has 0 heterocycles. The van der Waals surface area contributed by atoms with Gasteiger partial charge in [0, 0.05) is 6.04 Å². The van der Waals surface area contributed by atoms with Crippen molar-refractivity contribution in [3.8, 4) is 0 Å². The normalized spacial score (nSPS) is 38.7. The molecule has 0 aromatic rings. The van der Waals surface area contributed by atoms with Crippen LogP contribution < -0.4 is 0 Å². The third kappa shape index (κ3) is 2.38. The summed E-state index contributed by atoms with van der Waals surface area (Å²) in [5.41, 5.74) is 1.36. The summed E-state index contributed by atoms with van der Waals surface area (Å²) in [6.45, 7) is 11.1. The lowest BCUT2D eigenvalue weighted by atomic mass is 9.69. The molecule has 14 heavy (non-hydrogen) atoms. The highest BCUT2D eigenvalue weighted by atomic mass is 15.1. The molecule has 0 amide bonds. The van der Waals surface area contributed by atoms with E-state index in [1.54, 1.807) is 0 Å². The van der Waals surface area contributed by atoms with Crippen LogP contribution in [0.25, 0.3) is 0 Å². The maximum absolute atomic E-state index is 4.16. The van der Waals surface area contributed by atoms with Crippen LogP contribution in [0, 0.1) is 17.8 Å². The van der Waals surface area contributed by atoms with Crippen molar-refractivity contribution in [3.05, 3.63) is 12.2 Å². The highest BCUT2D eigenvalue weighted by molar-refractivity contribution is 5.06. The van der Waals surface area contributed by atoms with E-state index in [4.69, 9.17) is 0 Å². The summed E-state index contributed by atoms with van der Waals surface area (Å²) in [6.07, 6.45) is 2.69. The summed E-state index contributed by atoms with van der Waals surface area (Å²) in [5.74, 6) is 2.36. The Morgan fingerprint density at radius 2 is 1.79 bits per heavy atom. The number of hydrogen-bond acceptors (Lipinski definition) is 1. The van der Waals surface area contributed by atoms with Crippen molar-refractivity contribution in [3.63, 3.8) is 0 Å². The average Bonchev–Trinajstić information content (AvgIpc) is 2.01. The van der Waals surface area contributed by atoms with Gasteiger partial charge in [-0.25, -0.2) is 0 Å². The van der Waals surface area contributed by atoms with E-state index in [1.807, 2.05) is 0 Å². The number of nitrogens with zero attached hydrogens (tertiary/aromatic N) is 1. The van der Waals surface area contributed by atoms with Gasteiger partial charge in [0.2, 0.25) is 0 Å². The van der Waals surface area contributed by atoms with E-state index in [2.05, 4.69) is 46.3 Å².